The molecule has 0 bridgehead atoms. The van der Waals surface area contributed by atoms with E-state index < -0.39 is 30.4 Å². The van der Waals surface area contributed by atoms with Gasteiger partial charge in [-0.1, -0.05) is 24.3 Å². The van der Waals surface area contributed by atoms with Crippen LogP contribution in [0.15, 0.2) is 48.5 Å². The van der Waals surface area contributed by atoms with Gasteiger partial charge in [-0.25, -0.2) is 4.79 Å². The Morgan fingerprint density at radius 3 is 2.14 bits per heavy atom. The molecule has 8 nitrogen and oxygen atoms in total. The number of ether oxygens (including phenoxy) is 4. The first-order valence-electron chi connectivity index (χ1n) is 9.08. The van der Waals surface area contributed by atoms with E-state index in [4.69, 9.17) is 18.9 Å². The molecule has 1 aliphatic heterocycles. The quantitative estimate of drug-likeness (QED) is 0.713. The minimum Gasteiger partial charge on any atom is -0.497 e. The van der Waals surface area contributed by atoms with Crippen LogP contribution in [0.5, 0.6) is 11.5 Å². The molecule has 2 atom stereocenters. The maximum absolute atomic E-state index is 12.6. The third-order valence-electron chi connectivity index (χ3n) is 4.74. The van der Waals surface area contributed by atoms with Crippen LogP contribution in [0.1, 0.15) is 24.2 Å². The van der Waals surface area contributed by atoms with Gasteiger partial charge >= 0.3 is 12.1 Å². The second-order valence-electron chi connectivity index (χ2n) is 6.38. The predicted molar refractivity (Wildman–Crippen MR) is 102 cm³/mol. The highest BCUT2D eigenvalue weighted by Gasteiger charge is 2.56. The lowest BCUT2D eigenvalue weighted by molar-refractivity contribution is -0.153. The van der Waals surface area contributed by atoms with Crippen LogP contribution in [-0.4, -0.2) is 49.4 Å². The fourth-order valence-corrected chi connectivity index (χ4v) is 3.27. The molecule has 1 saturated heterocycles. The Hall–Kier alpha value is -3.26. The zero-order valence-electron chi connectivity index (χ0n) is 16.5. The van der Waals surface area contributed by atoms with E-state index in [1.807, 2.05) is 0 Å². The van der Waals surface area contributed by atoms with Gasteiger partial charge in [-0.15, -0.1) is 0 Å². The van der Waals surface area contributed by atoms with E-state index in [9.17, 15) is 14.7 Å². The molecule has 29 heavy (non-hydrogen) atoms. The summed E-state index contributed by atoms with van der Waals surface area (Å²) in [5.74, 6) is 0.557. The van der Waals surface area contributed by atoms with E-state index in [0.29, 0.717) is 22.6 Å². The fourth-order valence-electron chi connectivity index (χ4n) is 3.27. The summed E-state index contributed by atoms with van der Waals surface area (Å²) < 4.78 is 20.8. The molecule has 154 valence electrons. The van der Waals surface area contributed by atoms with Gasteiger partial charge in [0, 0.05) is 5.56 Å². The molecule has 1 aliphatic rings. The average molecular weight is 401 g/mol. The normalized spacial score (nSPS) is 20.9. The van der Waals surface area contributed by atoms with E-state index in [0.717, 1.165) is 4.90 Å². The predicted octanol–water partition coefficient (Wildman–Crippen LogP) is 2.61. The van der Waals surface area contributed by atoms with Gasteiger partial charge in [0.1, 0.15) is 18.0 Å². The number of carbonyl (C=O) groups is 2. The molecule has 1 heterocycles. The standard InChI is InChI=1S/C21H23NO7/c1-4-28-18(23)13-22-20(24)29-19(14-5-9-16(26-2)10-6-14)21(22,25)15-7-11-17(27-3)12-8-15/h5-12,19,25H,4,13H2,1-3H3/t19-,21+/m1/s1. The Bertz CT molecular complexity index is 866. The molecular formula is C21H23NO7. The van der Waals surface area contributed by atoms with Crippen molar-refractivity contribution in [2.75, 3.05) is 27.4 Å². The molecule has 0 spiro atoms. The maximum atomic E-state index is 12.6. The van der Waals surface area contributed by atoms with E-state index in [1.165, 1.54) is 7.11 Å². The van der Waals surface area contributed by atoms with Gasteiger partial charge in [-0.3, -0.25) is 9.69 Å². The molecule has 2 aromatic carbocycles. The highest BCUT2D eigenvalue weighted by molar-refractivity contribution is 5.80. The molecule has 0 unspecified atom stereocenters. The van der Waals surface area contributed by atoms with Crippen LogP contribution in [-0.2, 0) is 20.0 Å². The number of hydrogen-bond donors (Lipinski definition) is 1. The highest BCUT2D eigenvalue weighted by Crippen LogP contribution is 2.47. The molecular weight excluding hydrogens is 378 g/mol. The summed E-state index contributed by atoms with van der Waals surface area (Å²) in [5, 5.41) is 11.7. The summed E-state index contributed by atoms with van der Waals surface area (Å²) >= 11 is 0. The molecule has 0 saturated carbocycles. The summed E-state index contributed by atoms with van der Waals surface area (Å²) in [5.41, 5.74) is -1.01. The van der Waals surface area contributed by atoms with Crippen molar-refractivity contribution in [3.8, 4) is 11.5 Å². The Morgan fingerprint density at radius 2 is 1.62 bits per heavy atom. The zero-order valence-corrected chi connectivity index (χ0v) is 16.5. The van der Waals surface area contributed by atoms with Gasteiger partial charge in [0.05, 0.1) is 20.8 Å². The molecule has 2 aromatic rings. The third kappa shape index (κ3) is 3.84. The molecule has 8 heteroatoms. The lowest BCUT2D eigenvalue weighted by atomic mass is 9.91. The van der Waals surface area contributed by atoms with Crippen molar-refractivity contribution in [2.24, 2.45) is 0 Å². The number of hydrogen-bond acceptors (Lipinski definition) is 7. The van der Waals surface area contributed by atoms with Crippen molar-refractivity contribution in [1.82, 2.24) is 4.90 Å². The monoisotopic (exact) mass is 401 g/mol. The van der Waals surface area contributed by atoms with Crippen molar-refractivity contribution < 1.29 is 33.6 Å². The molecule has 3 rings (SSSR count). The Labute approximate surface area is 168 Å². The average Bonchev–Trinajstić information content (AvgIpc) is 3.00. The van der Waals surface area contributed by atoms with Crippen molar-refractivity contribution in [3.63, 3.8) is 0 Å². The van der Waals surface area contributed by atoms with Crippen molar-refractivity contribution >= 4 is 12.1 Å². The number of benzene rings is 2. The van der Waals surface area contributed by atoms with Gasteiger partial charge in [0.15, 0.2) is 6.10 Å². The Morgan fingerprint density at radius 1 is 1.07 bits per heavy atom. The number of methoxy groups -OCH3 is 2. The SMILES string of the molecule is CCOC(=O)CN1C(=O)O[C@H](c2ccc(OC)cc2)[C@@]1(O)c1ccc(OC)cc1. The number of cyclic esters (lactones) is 1. The summed E-state index contributed by atoms with van der Waals surface area (Å²) in [7, 11) is 3.07. The summed E-state index contributed by atoms with van der Waals surface area (Å²) in [6.45, 7) is 1.36. The fraction of sp³-hybridized carbons (Fsp3) is 0.333. The first-order valence-corrected chi connectivity index (χ1v) is 9.08. The van der Waals surface area contributed by atoms with Gasteiger partial charge in [0.25, 0.3) is 0 Å². The third-order valence-corrected chi connectivity index (χ3v) is 4.74. The first kappa shape index (κ1) is 20.5. The molecule has 1 amide bonds. The smallest absolute Gasteiger partial charge is 0.413 e. The lowest BCUT2D eigenvalue weighted by Crippen LogP contribution is -2.48. The van der Waals surface area contributed by atoms with Gasteiger partial charge in [0.2, 0.25) is 5.72 Å². The molecule has 1 N–H and O–H groups in total. The van der Waals surface area contributed by atoms with Crippen LogP contribution in [0.2, 0.25) is 0 Å². The van der Waals surface area contributed by atoms with Crippen LogP contribution in [0, 0.1) is 0 Å². The van der Waals surface area contributed by atoms with Crippen LogP contribution in [0.4, 0.5) is 4.79 Å². The van der Waals surface area contributed by atoms with E-state index in [1.54, 1.807) is 62.6 Å². The van der Waals surface area contributed by atoms with Crippen LogP contribution in [0.25, 0.3) is 0 Å². The minimum atomic E-state index is -1.93. The minimum absolute atomic E-state index is 0.157. The maximum Gasteiger partial charge on any atom is 0.413 e. The number of nitrogens with zero attached hydrogens (tertiary/aromatic N) is 1. The summed E-state index contributed by atoms with van der Waals surface area (Å²) in [6, 6.07) is 13.3. The number of carbonyl (C=O) groups excluding carboxylic acids is 2. The number of aliphatic hydroxyl groups is 1. The van der Waals surface area contributed by atoms with E-state index in [-0.39, 0.29) is 6.61 Å². The molecule has 0 radical (unpaired) electrons. The van der Waals surface area contributed by atoms with Gasteiger partial charge < -0.3 is 24.1 Å². The highest BCUT2D eigenvalue weighted by atomic mass is 16.6. The van der Waals surface area contributed by atoms with Crippen molar-refractivity contribution in [1.29, 1.82) is 0 Å². The van der Waals surface area contributed by atoms with Crippen LogP contribution in [0.3, 0.4) is 0 Å². The van der Waals surface area contributed by atoms with Crippen molar-refractivity contribution in [2.45, 2.75) is 18.8 Å². The first-order chi connectivity index (χ1) is 13.9. The second-order valence-corrected chi connectivity index (χ2v) is 6.38. The molecule has 0 aliphatic carbocycles. The zero-order chi connectivity index (χ0) is 21.0. The van der Waals surface area contributed by atoms with Crippen molar-refractivity contribution in [3.05, 3.63) is 59.7 Å². The largest absolute Gasteiger partial charge is 0.497 e. The number of esters is 1. The van der Waals surface area contributed by atoms with Crippen LogP contribution < -0.4 is 9.47 Å². The summed E-state index contributed by atoms with van der Waals surface area (Å²) in [6.07, 6.45) is -1.89. The van der Waals surface area contributed by atoms with Gasteiger partial charge in [-0.05, 0) is 36.8 Å². The number of rotatable bonds is 7. The van der Waals surface area contributed by atoms with Crippen LogP contribution >= 0.6 is 0 Å². The summed E-state index contributed by atoms with van der Waals surface area (Å²) in [4.78, 5) is 25.7. The van der Waals surface area contributed by atoms with E-state index >= 15 is 0 Å². The number of amides is 1. The Balaban J connectivity index is 2.05. The molecule has 1 fully saturated rings. The second kappa shape index (κ2) is 8.40. The molecule has 0 aromatic heterocycles. The van der Waals surface area contributed by atoms with E-state index in [2.05, 4.69) is 0 Å². The Kier molecular flexibility index (Phi) is 5.93. The topological polar surface area (TPSA) is 94.5 Å². The lowest BCUT2D eigenvalue weighted by Gasteiger charge is -2.34. The van der Waals surface area contributed by atoms with Gasteiger partial charge in [-0.2, -0.15) is 0 Å².